The molecule has 0 atom stereocenters. The summed E-state index contributed by atoms with van der Waals surface area (Å²) in [7, 11) is 3.29. The fraction of sp³-hybridized carbons (Fsp3) is 0.435. The smallest absolute Gasteiger partial charge is 0.222 e. The van der Waals surface area contributed by atoms with E-state index in [1.807, 2.05) is 35.2 Å². The highest BCUT2D eigenvalue weighted by molar-refractivity contribution is 6.30. The van der Waals surface area contributed by atoms with Gasteiger partial charge in [0.2, 0.25) is 5.91 Å². The lowest BCUT2D eigenvalue weighted by molar-refractivity contribution is -0.131. The summed E-state index contributed by atoms with van der Waals surface area (Å²) in [6.45, 7) is 4.35. The van der Waals surface area contributed by atoms with Gasteiger partial charge in [-0.05, 0) is 54.3 Å². The average molecular weight is 417 g/mol. The van der Waals surface area contributed by atoms with E-state index in [9.17, 15) is 4.79 Å². The van der Waals surface area contributed by atoms with Crippen molar-refractivity contribution in [1.29, 1.82) is 0 Å². The highest BCUT2D eigenvalue weighted by Crippen LogP contribution is 2.25. The first-order valence-corrected chi connectivity index (χ1v) is 10.4. The van der Waals surface area contributed by atoms with Crippen molar-refractivity contribution in [3.8, 4) is 11.5 Å². The molecule has 0 saturated carbocycles. The summed E-state index contributed by atoms with van der Waals surface area (Å²) >= 11 is 5.97. The fourth-order valence-corrected chi connectivity index (χ4v) is 3.83. The maximum absolute atomic E-state index is 12.8. The number of amides is 1. The van der Waals surface area contributed by atoms with Gasteiger partial charge in [-0.25, -0.2) is 0 Å². The Bertz CT molecular complexity index is 810. The number of ether oxygens (including phenoxy) is 2. The van der Waals surface area contributed by atoms with Crippen LogP contribution in [0.3, 0.4) is 0 Å². The average Bonchev–Trinajstić information content (AvgIpc) is 2.99. The highest BCUT2D eigenvalue weighted by Gasteiger charge is 2.19. The number of carbonyl (C=O) groups excluding carboxylic acids is 1. The Morgan fingerprint density at radius 3 is 2.52 bits per heavy atom. The molecule has 1 fully saturated rings. The molecule has 0 radical (unpaired) electrons. The van der Waals surface area contributed by atoms with Crippen molar-refractivity contribution in [3.63, 3.8) is 0 Å². The first-order chi connectivity index (χ1) is 14.1. The minimum Gasteiger partial charge on any atom is -0.497 e. The molecule has 1 saturated heterocycles. The molecule has 3 rings (SSSR count). The molecule has 2 aromatic rings. The number of carbonyl (C=O) groups is 1. The van der Waals surface area contributed by atoms with Crippen LogP contribution in [0.1, 0.15) is 24.0 Å². The van der Waals surface area contributed by atoms with Crippen LogP contribution in [-0.2, 0) is 17.8 Å². The molecule has 0 N–H and O–H groups in total. The van der Waals surface area contributed by atoms with E-state index in [-0.39, 0.29) is 5.91 Å². The van der Waals surface area contributed by atoms with Gasteiger partial charge in [0.25, 0.3) is 0 Å². The zero-order valence-corrected chi connectivity index (χ0v) is 18.0. The van der Waals surface area contributed by atoms with Crippen LogP contribution in [-0.4, -0.2) is 56.1 Å². The van der Waals surface area contributed by atoms with E-state index in [0.717, 1.165) is 61.2 Å². The standard InChI is InChI=1S/C23H29ClN2O3/c1-28-21-9-10-22(29-2)19(16-21)6-11-23(27)26-13-3-12-25(14-15-26)17-18-4-7-20(24)8-5-18/h4-5,7-10,16H,3,6,11-15,17H2,1-2H3. The molecular weight excluding hydrogens is 388 g/mol. The third-order valence-corrected chi connectivity index (χ3v) is 5.61. The second-order valence-corrected chi connectivity index (χ2v) is 7.75. The zero-order valence-electron chi connectivity index (χ0n) is 17.2. The minimum absolute atomic E-state index is 0.197. The molecule has 156 valence electrons. The van der Waals surface area contributed by atoms with E-state index in [1.54, 1.807) is 14.2 Å². The van der Waals surface area contributed by atoms with E-state index in [1.165, 1.54) is 5.56 Å². The van der Waals surface area contributed by atoms with Gasteiger partial charge in [-0.3, -0.25) is 9.69 Å². The van der Waals surface area contributed by atoms with Crippen LogP contribution in [0.5, 0.6) is 11.5 Å². The van der Waals surface area contributed by atoms with Gasteiger partial charge in [-0.2, -0.15) is 0 Å². The third kappa shape index (κ3) is 6.12. The van der Waals surface area contributed by atoms with Crippen LogP contribution in [0.15, 0.2) is 42.5 Å². The van der Waals surface area contributed by atoms with Gasteiger partial charge in [-0.1, -0.05) is 23.7 Å². The Hall–Kier alpha value is -2.24. The molecule has 0 aromatic heterocycles. The maximum Gasteiger partial charge on any atom is 0.222 e. The number of hydrogen-bond acceptors (Lipinski definition) is 4. The number of aryl methyl sites for hydroxylation is 1. The number of methoxy groups -OCH3 is 2. The van der Waals surface area contributed by atoms with Gasteiger partial charge < -0.3 is 14.4 Å². The van der Waals surface area contributed by atoms with Crippen molar-refractivity contribution in [3.05, 3.63) is 58.6 Å². The molecule has 1 heterocycles. The molecule has 1 amide bonds. The van der Waals surface area contributed by atoms with Crippen molar-refractivity contribution in [1.82, 2.24) is 9.80 Å². The lowest BCUT2D eigenvalue weighted by atomic mass is 10.1. The van der Waals surface area contributed by atoms with Gasteiger partial charge in [0.15, 0.2) is 0 Å². The van der Waals surface area contributed by atoms with Gasteiger partial charge >= 0.3 is 0 Å². The predicted octanol–water partition coefficient (Wildman–Crippen LogP) is 4.02. The van der Waals surface area contributed by atoms with Crippen molar-refractivity contribution in [2.45, 2.75) is 25.8 Å². The summed E-state index contributed by atoms with van der Waals surface area (Å²) < 4.78 is 10.7. The number of halogens is 1. The van der Waals surface area contributed by atoms with Crippen LogP contribution in [0.4, 0.5) is 0 Å². The van der Waals surface area contributed by atoms with E-state index in [2.05, 4.69) is 17.0 Å². The Labute approximate surface area is 178 Å². The Morgan fingerprint density at radius 1 is 1.00 bits per heavy atom. The predicted molar refractivity (Wildman–Crippen MR) is 116 cm³/mol. The molecule has 1 aliphatic rings. The lowest BCUT2D eigenvalue weighted by Gasteiger charge is -2.22. The summed E-state index contributed by atoms with van der Waals surface area (Å²) in [5, 5.41) is 0.758. The maximum atomic E-state index is 12.8. The monoisotopic (exact) mass is 416 g/mol. The molecule has 1 aliphatic heterocycles. The molecule has 0 aliphatic carbocycles. The molecule has 0 unspecified atom stereocenters. The number of benzene rings is 2. The van der Waals surface area contributed by atoms with Crippen molar-refractivity contribution >= 4 is 17.5 Å². The highest BCUT2D eigenvalue weighted by atomic mass is 35.5. The molecule has 6 heteroatoms. The summed E-state index contributed by atoms with van der Waals surface area (Å²) in [6, 6.07) is 13.7. The van der Waals surface area contributed by atoms with Crippen LogP contribution in [0, 0.1) is 0 Å². The molecule has 2 aromatic carbocycles. The largest absolute Gasteiger partial charge is 0.497 e. The van der Waals surface area contributed by atoms with Crippen molar-refractivity contribution < 1.29 is 14.3 Å². The van der Waals surface area contributed by atoms with Gasteiger partial charge in [0, 0.05) is 44.2 Å². The normalized spacial score (nSPS) is 15.1. The second kappa shape index (κ2) is 10.5. The third-order valence-electron chi connectivity index (χ3n) is 5.36. The number of rotatable bonds is 7. The SMILES string of the molecule is COc1ccc(OC)c(CCC(=O)N2CCCN(Cc3ccc(Cl)cc3)CC2)c1. The summed E-state index contributed by atoms with van der Waals surface area (Å²) in [5.41, 5.74) is 2.25. The Morgan fingerprint density at radius 2 is 1.79 bits per heavy atom. The van der Waals surface area contributed by atoms with Crippen LogP contribution in [0.25, 0.3) is 0 Å². The zero-order chi connectivity index (χ0) is 20.6. The van der Waals surface area contributed by atoms with E-state index in [4.69, 9.17) is 21.1 Å². The molecule has 5 nitrogen and oxygen atoms in total. The second-order valence-electron chi connectivity index (χ2n) is 7.31. The van der Waals surface area contributed by atoms with Crippen LogP contribution < -0.4 is 9.47 Å². The number of nitrogens with zero attached hydrogens (tertiary/aromatic N) is 2. The van der Waals surface area contributed by atoms with Crippen LogP contribution >= 0.6 is 11.6 Å². The molecule has 0 spiro atoms. The van der Waals surface area contributed by atoms with E-state index >= 15 is 0 Å². The molecule has 29 heavy (non-hydrogen) atoms. The van der Waals surface area contributed by atoms with Crippen molar-refractivity contribution in [2.24, 2.45) is 0 Å². The summed E-state index contributed by atoms with van der Waals surface area (Å²) in [4.78, 5) is 17.2. The van der Waals surface area contributed by atoms with E-state index in [0.29, 0.717) is 12.8 Å². The summed E-state index contributed by atoms with van der Waals surface area (Å²) in [6.07, 6.45) is 2.10. The first kappa shape index (κ1) is 21.5. The molecule has 0 bridgehead atoms. The fourth-order valence-electron chi connectivity index (χ4n) is 3.70. The topological polar surface area (TPSA) is 42.0 Å². The lowest BCUT2D eigenvalue weighted by Crippen LogP contribution is -2.35. The minimum atomic E-state index is 0.197. The van der Waals surface area contributed by atoms with Crippen LogP contribution in [0.2, 0.25) is 5.02 Å². The Balaban J connectivity index is 1.52. The quantitative estimate of drug-likeness (QED) is 0.683. The van der Waals surface area contributed by atoms with E-state index < -0.39 is 0 Å². The van der Waals surface area contributed by atoms with Gasteiger partial charge in [0.05, 0.1) is 14.2 Å². The molecular formula is C23H29ClN2O3. The van der Waals surface area contributed by atoms with Gasteiger partial charge in [0.1, 0.15) is 11.5 Å². The first-order valence-electron chi connectivity index (χ1n) is 10.0. The number of hydrogen-bond donors (Lipinski definition) is 0. The van der Waals surface area contributed by atoms with Gasteiger partial charge in [-0.15, -0.1) is 0 Å². The van der Waals surface area contributed by atoms with Crippen molar-refractivity contribution in [2.75, 3.05) is 40.4 Å². The Kier molecular flexibility index (Phi) is 7.78. The summed E-state index contributed by atoms with van der Waals surface area (Å²) in [5.74, 6) is 1.77.